The molecule has 0 spiro atoms. The highest BCUT2D eigenvalue weighted by atomic mass is 32.2. The van der Waals surface area contributed by atoms with Gasteiger partial charge in [0.05, 0.1) is 23.5 Å². The number of hydrogen-bond acceptors (Lipinski definition) is 4. The van der Waals surface area contributed by atoms with Gasteiger partial charge in [0, 0.05) is 18.8 Å². The van der Waals surface area contributed by atoms with E-state index in [9.17, 15) is 0 Å². The van der Waals surface area contributed by atoms with Crippen LogP contribution >= 0.6 is 11.8 Å². The highest BCUT2D eigenvalue weighted by Gasteiger charge is 2.08. The Labute approximate surface area is 112 Å². The standard InChI is InChI=1S/C13H19N3OS/c1-10-7-13(16(3)15-10)18-11(2)8-14-9-12-5-4-6-17-12/h4-7,11,14H,8-9H2,1-3H3. The highest BCUT2D eigenvalue weighted by Crippen LogP contribution is 2.22. The molecule has 0 aliphatic carbocycles. The van der Waals surface area contributed by atoms with Crippen molar-refractivity contribution in [3.8, 4) is 0 Å². The molecule has 98 valence electrons. The molecular weight excluding hydrogens is 246 g/mol. The van der Waals surface area contributed by atoms with Gasteiger partial charge < -0.3 is 9.73 Å². The van der Waals surface area contributed by atoms with Gasteiger partial charge in [-0.2, -0.15) is 5.10 Å². The molecule has 0 radical (unpaired) electrons. The molecule has 0 bridgehead atoms. The van der Waals surface area contributed by atoms with Crippen molar-refractivity contribution in [2.24, 2.45) is 7.05 Å². The summed E-state index contributed by atoms with van der Waals surface area (Å²) in [4.78, 5) is 0. The molecule has 5 heteroatoms. The van der Waals surface area contributed by atoms with E-state index < -0.39 is 0 Å². The van der Waals surface area contributed by atoms with Crippen LogP contribution in [0, 0.1) is 6.92 Å². The Hall–Kier alpha value is -1.20. The highest BCUT2D eigenvalue weighted by molar-refractivity contribution is 7.99. The predicted molar refractivity (Wildman–Crippen MR) is 73.7 cm³/mol. The van der Waals surface area contributed by atoms with Gasteiger partial charge in [0.15, 0.2) is 0 Å². The average Bonchev–Trinajstić information content (AvgIpc) is 2.90. The topological polar surface area (TPSA) is 43.0 Å². The summed E-state index contributed by atoms with van der Waals surface area (Å²) >= 11 is 1.84. The maximum absolute atomic E-state index is 5.27. The zero-order valence-corrected chi connectivity index (χ0v) is 11.8. The fourth-order valence-corrected chi connectivity index (χ4v) is 2.80. The molecule has 4 nitrogen and oxygen atoms in total. The Morgan fingerprint density at radius 3 is 3.00 bits per heavy atom. The van der Waals surface area contributed by atoms with Crippen LogP contribution in [0.1, 0.15) is 18.4 Å². The first-order chi connectivity index (χ1) is 8.65. The molecule has 0 aromatic carbocycles. The zero-order valence-electron chi connectivity index (χ0n) is 11.0. The van der Waals surface area contributed by atoms with Gasteiger partial charge in [0.1, 0.15) is 5.76 Å². The average molecular weight is 265 g/mol. The van der Waals surface area contributed by atoms with E-state index >= 15 is 0 Å². The van der Waals surface area contributed by atoms with E-state index in [0.717, 1.165) is 24.5 Å². The van der Waals surface area contributed by atoms with Crippen LogP contribution < -0.4 is 5.32 Å². The lowest BCUT2D eigenvalue weighted by atomic mass is 10.4. The van der Waals surface area contributed by atoms with Gasteiger partial charge in [-0.25, -0.2) is 0 Å². The molecule has 0 saturated heterocycles. The van der Waals surface area contributed by atoms with Crippen LogP contribution in [-0.4, -0.2) is 21.6 Å². The largest absolute Gasteiger partial charge is 0.468 e. The summed E-state index contributed by atoms with van der Waals surface area (Å²) in [5.74, 6) is 0.976. The van der Waals surface area contributed by atoms with E-state index in [0.29, 0.717) is 5.25 Å². The van der Waals surface area contributed by atoms with Crippen LogP contribution in [0.25, 0.3) is 0 Å². The number of rotatable bonds is 6. The second-order valence-electron chi connectivity index (χ2n) is 4.39. The monoisotopic (exact) mass is 265 g/mol. The van der Waals surface area contributed by atoms with Crippen LogP contribution in [0.3, 0.4) is 0 Å². The lowest BCUT2D eigenvalue weighted by Gasteiger charge is -2.11. The molecule has 0 aliphatic heterocycles. The second kappa shape index (κ2) is 6.11. The summed E-state index contributed by atoms with van der Waals surface area (Å²) in [6.07, 6.45) is 1.70. The van der Waals surface area contributed by atoms with Gasteiger partial charge >= 0.3 is 0 Å². The number of thioether (sulfide) groups is 1. The summed E-state index contributed by atoms with van der Waals surface area (Å²) in [5, 5.41) is 9.44. The van der Waals surface area contributed by atoms with E-state index in [1.54, 1.807) is 6.26 Å². The van der Waals surface area contributed by atoms with Crippen molar-refractivity contribution in [1.29, 1.82) is 0 Å². The summed E-state index contributed by atoms with van der Waals surface area (Å²) in [5.41, 5.74) is 1.07. The molecule has 1 unspecified atom stereocenters. The normalized spacial score (nSPS) is 12.8. The molecule has 2 aromatic heterocycles. The first-order valence-corrected chi connectivity index (χ1v) is 6.93. The SMILES string of the molecule is Cc1cc(SC(C)CNCc2ccco2)n(C)n1. The number of nitrogens with one attached hydrogen (secondary N) is 1. The molecule has 0 fully saturated rings. The minimum atomic E-state index is 0.495. The molecule has 1 N–H and O–H groups in total. The lowest BCUT2D eigenvalue weighted by Crippen LogP contribution is -2.22. The van der Waals surface area contributed by atoms with Gasteiger partial charge in [-0.05, 0) is 25.1 Å². The van der Waals surface area contributed by atoms with Gasteiger partial charge in [0.2, 0.25) is 0 Å². The molecule has 2 heterocycles. The van der Waals surface area contributed by atoms with Crippen LogP contribution in [0.5, 0.6) is 0 Å². The zero-order chi connectivity index (χ0) is 13.0. The van der Waals surface area contributed by atoms with Gasteiger partial charge in [-0.1, -0.05) is 6.92 Å². The van der Waals surface area contributed by atoms with Crippen molar-refractivity contribution in [2.75, 3.05) is 6.54 Å². The molecule has 2 aromatic rings. The molecule has 2 rings (SSSR count). The lowest BCUT2D eigenvalue weighted by molar-refractivity contribution is 0.484. The molecule has 1 atom stereocenters. The van der Waals surface area contributed by atoms with Crippen molar-refractivity contribution in [3.63, 3.8) is 0 Å². The minimum absolute atomic E-state index is 0.495. The first kappa shape index (κ1) is 13.2. The van der Waals surface area contributed by atoms with Crippen LogP contribution in [0.15, 0.2) is 33.9 Å². The Balaban J connectivity index is 1.75. The van der Waals surface area contributed by atoms with E-state index in [1.165, 1.54) is 5.03 Å². The van der Waals surface area contributed by atoms with Crippen molar-refractivity contribution < 1.29 is 4.42 Å². The summed E-state index contributed by atoms with van der Waals surface area (Å²) in [7, 11) is 1.98. The summed E-state index contributed by atoms with van der Waals surface area (Å²) in [6.45, 7) is 5.95. The summed E-state index contributed by atoms with van der Waals surface area (Å²) < 4.78 is 7.21. The third kappa shape index (κ3) is 3.65. The molecule has 18 heavy (non-hydrogen) atoms. The Kier molecular flexibility index (Phi) is 4.49. The van der Waals surface area contributed by atoms with Crippen molar-refractivity contribution >= 4 is 11.8 Å². The number of nitrogens with zero attached hydrogens (tertiary/aromatic N) is 2. The van der Waals surface area contributed by atoms with E-state index in [1.807, 2.05) is 42.5 Å². The third-order valence-corrected chi connectivity index (χ3v) is 3.78. The second-order valence-corrected chi connectivity index (χ2v) is 5.85. The fourth-order valence-electron chi connectivity index (χ4n) is 1.76. The van der Waals surface area contributed by atoms with E-state index in [4.69, 9.17) is 4.42 Å². The molecular formula is C13H19N3OS. The van der Waals surface area contributed by atoms with Crippen LogP contribution in [0.4, 0.5) is 0 Å². The summed E-state index contributed by atoms with van der Waals surface area (Å²) in [6, 6.07) is 6.01. The molecule has 0 amide bonds. The minimum Gasteiger partial charge on any atom is -0.468 e. The van der Waals surface area contributed by atoms with E-state index in [2.05, 4.69) is 23.4 Å². The number of hydrogen-bond donors (Lipinski definition) is 1. The van der Waals surface area contributed by atoms with Crippen LogP contribution in [0.2, 0.25) is 0 Å². The Morgan fingerprint density at radius 2 is 2.39 bits per heavy atom. The third-order valence-electron chi connectivity index (χ3n) is 2.59. The Morgan fingerprint density at radius 1 is 1.56 bits per heavy atom. The molecule has 0 saturated carbocycles. The Bertz CT molecular complexity index is 478. The van der Waals surface area contributed by atoms with E-state index in [-0.39, 0.29) is 0 Å². The number of aromatic nitrogens is 2. The van der Waals surface area contributed by atoms with Gasteiger partial charge in [0.25, 0.3) is 0 Å². The maximum Gasteiger partial charge on any atom is 0.117 e. The van der Waals surface area contributed by atoms with Gasteiger partial charge in [-0.15, -0.1) is 11.8 Å². The fraction of sp³-hybridized carbons (Fsp3) is 0.462. The quantitative estimate of drug-likeness (QED) is 0.815. The van der Waals surface area contributed by atoms with Crippen molar-refractivity contribution in [1.82, 2.24) is 15.1 Å². The smallest absolute Gasteiger partial charge is 0.117 e. The first-order valence-electron chi connectivity index (χ1n) is 6.05. The van der Waals surface area contributed by atoms with Crippen molar-refractivity contribution in [3.05, 3.63) is 35.9 Å². The number of aryl methyl sites for hydroxylation is 2. The van der Waals surface area contributed by atoms with Crippen LogP contribution in [-0.2, 0) is 13.6 Å². The number of furan rings is 1. The maximum atomic E-state index is 5.27. The predicted octanol–water partition coefficient (Wildman–Crippen LogP) is 2.59. The van der Waals surface area contributed by atoms with Gasteiger partial charge in [-0.3, -0.25) is 4.68 Å². The molecule has 0 aliphatic rings. The van der Waals surface area contributed by atoms with Crippen molar-refractivity contribution in [2.45, 2.75) is 30.7 Å².